The van der Waals surface area contributed by atoms with Gasteiger partial charge in [0.15, 0.2) is 5.78 Å². The number of hydrogen-bond acceptors (Lipinski definition) is 5. The van der Waals surface area contributed by atoms with Crippen molar-refractivity contribution < 1.29 is 14.3 Å². The Morgan fingerprint density at radius 2 is 1.68 bits per heavy atom. The van der Waals surface area contributed by atoms with Crippen molar-refractivity contribution in [3.05, 3.63) is 76.6 Å². The highest BCUT2D eigenvalue weighted by atomic mass is 16.5. The molecule has 0 saturated carbocycles. The van der Waals surface area contributed by atoms with Crippen LogP contribution in [0.3, 0.4) is 0 Å². The van der Waals surface area contributed by atoms with Crippen molar-refractivity contribution in [1.82, 2.24) is 9.78 Å². The second-order valence-electron chi connectivity index (χ2n) is 6.40. The van der Waals surface area contributed by atoms with E-state index in [1.165, 1.54) is 10.7 Å². The van der Waals surface area contributed by atoms with Gasteiger partial charge in [-0.3, -0.25) is 9.59 Å². The first-order valence-corrected chi connectivity index (χ1v) is 8.91. The maximum atomic E-state index is 12.8. The molecule has 6 nitrogen and oxygen atoms in total. The van der Waals surface area contributed by atoms with Crippen molar-refractivity contribution in [3.63, 3.8) is 0 Å². The van der Waals surface area contributed by atoms with E-state index in [9.17, 15) is 9.59 Å². The number of hydrogen-bond donors (Lipinski definition) is 0. The van der Waals surface area contributed by atoms with Crippen molar-refractivity contribution in [2.45, 2.75) is 19.4 Å². The van der Waals surface area contributed by atoms with Crippen LogP contribution in [0.2, 0.25) is 0 Å². The van der Waals surface area contributed by atoms with Gasteiger partial charge in [0, 0.05) is 18.1 Å². The molecule has 1 heterocycles. The van der Waals surface area contributed by atoms with Crippen LogP contribution in [0, 0.1) is 0 Å². The van der Waals surface area contributed by atoms with E-state index < -0.39 is 6.04 Å². The molecule has 3 aromatic rings. The highest BCUT2D eigenvalue weighted by molar-refractivity contribution is 5.84. The van der Waals surface area contributed by atoms with Crippen LogP contribution in [0.15, 0.2) is 65.5 Å². The molecule has 144 valence electrons. The maximum absolute atomic E-state index is 12.8. The van der Waals surface area contributed by atoms with Gasteiger partial charge >= 0.3 is 0 Å². The number of carbonyl (C=O) groups excluding carboxylic acids is 1. The Kier molecular flexibility index (Phi) is 5.89. The monoisotopic (exact) mass is 378 g/mol. The second-order valence-corrected chi connectivity index (χ2v) is 6.40. The standard InChI is InChI=1S/C22H22N2O4/c1-15(21(25)13-16-6-4-8-18(12-16)27-2)24-22(26)11-10-20(23-24)17-7-5-9-19(14-17)28-3/h4-12,14-15H,13H2,1-3H3. The summed E-state index contributed by atoms with van der Waals surface area (Å²) in [6.07, 6.45) is 0.190. The van der Waals surface area contributed by atoms with Gasteiger partial charge in [0.05, 0.1) is 19.9 Å². The van der Waals surface area contributed by atoms with Gasteiger partial charge in [0.25, 0.3) is 5.56 Å². The molecule has 0 radical (unpaired) electrons. The third-order valence-electron chi connectivity index (χ3n) is 4.54. The summed E-state index contributed by atoms with van der Waals surface area (Å²) in [7, 11) is 3.17. The number of rotatable bonds is 7. The third-order valence-corrected chi connectivity index (χ3v) is 4.54. The molecule has 0 amide bonds. The lowest BCUT2D eigenvalue weighted by Crippen LogP contribution is -2.30. The van der Waals surface area contributed by atoms with E-state index in [0.29, 0.717) is 17.2 Å². The fraction of sp³-hybridized carbons (Fsp3) is 0.227. The number of ketones is 1. The molecular weight excluding hydrogens is 356 g/mol. The first kappa shape index (κ1) is 19.4. The zero-order valence-electron chi connectivity index (χ0n) is 16.1. The Morgan fingerprint density at radius 1 is 1.00 bits per heavy atom. The SMILES string of the molecule is COc1cccc(CC(=O)C(C)n2nc(-c3cccc(OC)c3)ccc2=O)c1. The second kappa shape index (κ2) is 8.52. The Bertz CT molecular complexity index is 1040. The average molecular weight is 378 g/mol. The molecule has 0 spiro atoms. The largest absolute Gasteiger partial charge is 0.497 e. The molecule has 6 heteroatoms. The van der Waals surface area contributed by atoms with Gasteiger partial charge in [-0.15, -0.1) is 0 Å². The maximum Gasteiger partial charge on any atom is 0.267 e. The van der Waals surface area contributed by atoms with E-state index in [4.69, 9.17) is 9.47 Å². The first-order chi connectivity index (χ1) is 13.5. The van der Waals surface area contributed by atoms with Crippen LogP contribution in [0.4, 0.5) is 0 Å². The van der Waals surface area contributed by atoms with Crippen LogP contribution in [0.1, 0.15) is 18.5 Å². The summed E-state index contributed by atoms with van der Waals surface area (Å²) in [6, 6.07) is 17.1. The van der Waals surface area contributed by atoms with E-state index in [0.717, 1.165) is 11.1 Å². The van der Waals surface area contributed by atoms with Crippen LogP contribution >= 0.6 is 0 Å². The van der Waals surface area contributed by atoms with E-state index in [-0.39, 0.29) is 17.8 Å². The van der Waals surface area contributed by atoms with E-state index in [1.807, 2.05) is 48.5 Å². The number of Topliss-reactive ketones (excluding diaryl/α,β-unsaturated/α-hetero) is 1. The summed E-state index contributed by atoms with van der Waals surface area (Å²) in [6.45, 7) is 1.69. The van der Waals surface area contributed by atoms with E-state index in [2.05, 4.69) is 5.10 Å². The van der Waals surface area contributed by atoms with Gasteiger partial charge in [0.1, 0.15) is 17.5 Å². The summed E-state index contributed by atoms with van der Waals surface area (Å²) >= 11 is 0. The zero-order valence-corrected chi connectivity index (χ0v) is 16.1. The fourth-order valence-electron chi connectivity index (χ4n) is 2.91. The summed E-state index contributed by atoms with van der Waals surface area (Å²) in [4.78, 5) is 25.1. The molecule has 3 rings (SSSR count). The minimum absolute atomic E-state index is 0.106. The predicted octanol–water partition coefficient (Wildman–Crippen LogP) is 3.30. The smallest absolute Gasteiger partial charge is 0.267 e. The number of ether oxygens (including phenoxy) is 2. The highest BCUT2D eigenvalue weighted by Crippen LogP contribution is 2.22. The molecule has 1 unspecified atom stereocenters. The summed E-state index contributed by atoms with van der Waals surface area (Å²) in [5.74, 6) is 1.28. The molecule has 1 atom stereocenters. The lowest BCUT2D eigenvalue weighted by Gasteiger charge is -2.14. The molecule has 1 aromatic heterocycles. The molecule has 0 aliphatic carbocycles. The molecular formula is C22H22N2O4. The number of benzene rings is 2. The molecule has 0 N–H and O–H groups in total. The van der Waals surface area contributed by atoms with Gasteiger partial charge in [0.2, 0.25) is 0 Å². The van der Waals surface area contributed by atoms with Crippen molar-refractivity contribution in [3.8, 4) is 22.8 Å². The van der Waals surface area contributed by atoms with Crippen LogP contribution in [0.5, 0.6) is 11.5 Å². The minimum atomic E-state index is -0.691. The van der Waals surface area contributed by atoms with E-state index >= 15 is 0 Å². The zero-order chi connectivity index (χ0) is 20.1. The summed E-state index contributed by atoms with van der Waals surface area (Å²) in [5, 5.41) is 4.42. The number of aromatic nitrogens is 2. The Morgan fingerprint density at radius 3 is 2.39 bits per heavy atom. The van der Waals surface area contributed by atoms with Crippen LogP contribution < -0.4 is 15.0 Å². The quantitative estimate of drug-likeness (QED) is 0.631. The number of nitrogens with zero attached hydrogens (tertiary/aromatic N) is 2. The molecule has 0 bridgehead atoms. The summed E-state index contributed by atoms with van der Waals surface area (Å²) in [5.41, 5.74) is 1.91. The lowest BCUT2D eigenvalue weighted by atomic mass is 10.0. The third kappa shape index (κ3) is 4.28. The van der Waals surface area contributed by atoms with Crippen LogP contribution in [0.25, 0.3) is 11.3 Å². The van der Waals surface area contributed by atoms with Crippen molar-refractivity contribution >= 4 is 5.78 Å². The van der Waals surface area contributed by atoms with Crippen molar-refractivity contribution in [1.29, 1.82) is 0 Å². The number of carbonyl (C=O) groups is 1. The lowest BCUT2D eigenvalue weighted by molar-refractivity contribution is -0.121. The average Bonchev–Trinajstić information content (AvgIpc) is 2.73. The fourth-order valence-corrected chi connectivity index (χ4v) is 2.91. The van der Waals surface area contributed by atoms with E-state index in [1.54, 1.807) is 27.2 Å². The minimum Gasteiger partial charge on any atom is -0.497 e. The first-order valence-electron chi connectivity index (χ1n) is 8.91. The topological polar surface area (TPSA) is 70.4 Å². The Labute approximate surface area is 163 Å². The molecule has 0 fully saturated rings. The van der Waals surface area contributed by atoms with Gasteiger partial charge in [-0.1, -0.05) is 24.3 Å². The molecule has 2 aromatic carbocycles. The number of methoxy groups -OCH3 is 2. The van der Waals surface area contributed by atoms with Gasteiger partial charge in [-0.2, -0.15) is 5.10 Å². The molecule has 0 aliphatic heterocycles. The van der Waals surface area contributed by atoms with Crippen LogP contribution in [-0.2, 0) is 11.2 Å². The van der Waals surface area contributed by atoms with Crippen molar-refractivity contribution in [2.24, 2.45) is 0 Å². The van der Waals surface area contributed by atoms with Crippen molar-refractivity contribution in [2.75, 3.05) is 14.2 Å². The predicted molar refractivity (Wildman–Crippen MR) is 107 cm³/mol. The van der Waals surface area contributed by atoms with Gasteiger partial charge < -0.3 is 9.47 Å². The summed E-state index contributed by atoms with van der Waals surface area (Å²) < 4.78 is 11.7. The van der Waals surface area contributed by atoms with Gasteiger partial charge in [-0.25, -0.2) is 4.68 Å². The Hall–Kier alpha value is -3.41. The normalized spacial score (nSPS) is 11.7. The molecule has 0 saturated heterocycles. The molecule has 28 heavy (non-hydrogen) atoms. The highest BCUT2D eigenvalue weighted by Gasteiger charge is 2.18. The van der Waals surface area contributed by atoms with Gasteiger partial charge in [-0.05, 0) is 42.8 Å². The van der Waals surface area contributed by atoms with Crippen LogP contribution in [-0.4, -0.2) is 29.8 Å². The Balaban J connectivity index is 1.87. The molecule has 0 aliphatic rings.